The van der Waals surface area contributed by atoms with Gasteiger partial charge in [-0.1, -0.05) is 42.0 Å². The zero-order valence-electron chi connectivity index (χ0n) is 17.3. The van der Waals surface area contributed by atoms with E-state index in [1.165, 1.54) is 4.31 Å². The van der Waals surface area contributed by atoms with Crippen LogP contribution in [0.3, 0.4) is 0 Å². The Morgan fingerprint density at radius 1 is 1.03 bits per heavy atom. The second-order valence-electron chi connectivity index (χ2n) is 7.66. The number of carbonyl (C=O) groups is 1. The van der Waals surface area contributed by atoms with Crippen molar-refractivity contribution in [3.05, 3.63) is 64.7 Å². The van der Waals surface area contributed by atoms with Crippen molar-refractivity contribution in [3.63, 3.8) is 0 Å². The second-order valence-corrected chi connectivity index (χ2v) is 9.57. The predicted octanol–water partition coefficient (Wildman–Crippen LogP) is 2.23. The highest BCUT2D eigenvalue weighted by Crippen LogP contribution is 2.23. The van der Waals surface area contributed by atoms with Crippen LogP contribution in [-0.4, -0.2) is 56.3 Å². The lowest BCUT2D eigenvalue weighted by Crippen LogP contribution is -2.50. The van der Waals surface area contributed by atoms with Crippen LogP contribution in [0.1, 0.15) is 22.3 Å². The van der Waals surface area contributed by atoms with Crippen molar-refractivity contribution in [3.8, 4) is 0 Å². The smallest absolute Gasteiger partial charge is 0.244 e. The van der Waals surface area contributed by atoms with Crippen LogP contribution in [0.4, 0.5) is 0 Å². The molecule has 0 radical (unpaired) electrons. The molecule has 3 rings (SSSR count). The molecule has 0 saturated carbocycles. The van der Waals surface area contributed by atoms with Crippen LogP contribution < -0.4 is 5.32 Å². The molecule has 7 heteroatoms. The van der Waals surface area contributed by atoms with E-state index in [1.54, 1.807) is 17.9 Å². The summed E-state index contributed by atoms with van der Waals surface area (Å²) in [6.45, 7) is 8.28. The lowest BCUT2D eigenvalue weighted by molar-refractivity contribution is -0.132. The monoisotopic (exact) mass is 415 g/mol. The van der Waals surface area contributed by atoms with Gasteiger partial charge in [0.25, 0.3) is 0 Å². The summed E-state index contributed by atoms with van der Waals surface area (Å²) in [6.07, 6.45) is 0. The Bertz CT molecular complexity index is 983. The van der Waals surface area contributed by atoms with Crippen LogP contribution >= 0.6 is 0 Å². The molecule has 0 unspecified atom stereocenters. The fraction of sp³-hybridized carbons (Fsp3) is 0.409. The molecule has 1 heterocycles. The third-order valence-electron chi connectivity index (χ3n) is 5.18. The third-order valence-corrected chi connectivity index (χ3v) is 7.12. The number of hydrogen-bond donors (Lipinski definition) is 1. The van der Waals surface area contributed by atoms with E-state index >= 15 is 0 Å². The molecule has 1 saturated heterocycles. The largest absolute Gasteiger partial charge is 0.339 e. The topological polar surface area (TPSA) is 69.7 Å². The molecule has 1 N–H and O–H groups in total. The quantitative estimate of drug-likeness (QED) is 0.786. The molecule has 156 valence electrons. The number of hydrogen-bond acceptors (Lipinski definition) is 4. The molecule has 1 fully saturated rings. The van der Waals surface area contributed by atoms with Crippen LogP contribution in [-0.2, 0) is 21.4 Å². The van der Waals surface area contributed by atoms with Crippen LogP contribution in [0.5, 0.6) is 0 Å². The molecule has 0 aliphatic carbocycles. The molecule has 0 aromatic heterocycles. The second kappa shape index (κ2) is 9.07. The number of carbonyl (C=O) groups excluding carboxylic acids is 1. The third kappa shape index (κ3) is 5.23. The van der Waals surface area contributed by atoms with Crippen molar-refractivity contribution in [2.24, 2.45) is 0 Å². The first-order valence-electron chi connectivity index (χ1n) is 9.89. The van der Waals surface area contributed by atoms with Crippen molar-refractivity contribution < 1.29 is 13.2 Å². The summed E-state index contributed by atoms with van der Waals surface area (Å²) in [5.41, 5.74) is 3.48. The van der Waals surface area contributed by atoms with Gasteiger partial charge in [0.1, 0.15) is 0 Å². The summed E-state index contributed by atoms with van der Waals surface area (Å²) >= 11 is 0. The van der Waals surface area contributed by atoms with E-state index in [-0.39, 0.29) is 23.9 Å². The highest BCUT2D eigenvalue weighted by Gasteiger charge is 2.30. The molecular weight excluding hydrogens is 386 g/mol. The molecule has 2 aromatic carbocycles. The standard InChI is InChI=1S/C22H29N3O3S/c1-17-5-4-6-20(13-17)15-25(16-22(26)24-11-9-23-10-12-24)29(27,28)21-14-18(2)7-8-19(21)3/h4-8,13-14,23H,9-12,15-16H2,1-3H3. The summed E-state index contributed by atoms with van der Waals surface area (Å²) in [5.74, 6) is -0.159. The maximum absolute atomic E-state index is 13.6. The Morgan fingerprint density at radius 2 is 1.72 bits per heavy atom. The molecule has 1 amide bonds. The van der Waals surface area contributed by atoms with Gasteiger partial charge in [0, 0.05) is 32.7 Å². The summed E-state index contributed by atoms with van der Waals surface area (Å²) < 4.78 is 28.4. The highest BCUT2D eigenvalue weighted by atomic mass is 32.2. The van der Waals surface area contributed by atoms with Crippen molar-refractivity contribution >= 4 is 15.9 Å². The normalized spacial score (nSPS) is 15.0. The van der Waals surface area contributed by atoms with Gasteiger partial charge in [0.15, 0.2) is 0 Å². The molecule has 1 aliphatic heterocycles. The first-order valence-corrected chi connectivity index (χ1v) is 11.3. The van der Waals surface area contributed by atoms with E-state index in [4.69, 9.17) is 0 Å². The first kappa shape index (κ1) is 21.5. The van der Waals surface area contributed by atoms with Gasteiger partial charge in [-0.15, -0.1) is 0 Å². The van der Waals surface area contributed by atoms with E-state index in [0.717, 1.165) is 29.8 Å². The maximum Gasteiger partial charge on any atom is 0.244 e. The van der Waals surface area contributed by atoms with Crippen LogP contribution in [0, 0.1) is 20.8 Å². The molecule has 6 nitrogen and oxygen atoms in total. The fourth-order valence-corrected chi connectivity index (χ4v) is 5.22. The number of nitrogens with one attached hydrogen (secondary N) is 1. The van der Waals surface area contributed by atoms with E-state index in [9.17, 15) is 13.2 Å². The van der Waals surface area contributed by atoms with Gasteiger partial charge in [-0.3, -0.25) is 4.79 Å². The Morgan fingerprint density at radius 3 is 2.41 bits per heavy atom. The Labute approximate surface area is 173 Å². The van der Waals surface area contributed by atoms with Crippen molar-refractivity contribution in [1.82, 2.24) is 14.5 Å². The highest BCUT2D eigenvalue weighted by molar-refractivity contribution is 7.89. The fourth-order valence-electron chi connectivity index (χ4n) is 3.53. The minimum absolute atomic E-state index is 0.159. The average molecular weight is 416 g/mol. The Kier molecular flexibility index (Phi) is 6.72. The van der Waals surface area contributed by atoms with E-state index in [2.05, 4.69) is 5.32 Å². The Balaban J connectivity index is 1.94. The van der Waals surface area contributed by atoms with Gasteiger partial charge >= 0.3 is 0 Å². The van der Waals surface area contributed by atoms with E-state index < -0.39 is 10.0 Å². The lowest BCUT2D eigenvalue weighted by Gasteiger charge is -2.30. The van der Waals surface area contributed by atoms with Gasteiger partial charge in [0.2, 0.25) is 15.9 Å². The Hall–Kier alpha value is -2.22. The molecule has 0 atom stereocenters. The molecule has 2 aromatic rings. The summed E-state index contributed by atoms with van der Waals surface area (Å²) in [5, 5.41) is 3.21. The minimum atomic E-state index is -3.83. The number of piperazine rings is 1. The van der Waals surface area contributed by atoms with Gasteiger partial charge in [0.05, 0.1) is 11.4 Å². The summed E-state index contributed by atoms with van der Waals surface area (Å²) in [6, 6.07) is 13.1. The lowest BCUT2D eigenvalue weighted by atomic mass is 10.1. The van der Waals surface area contributed by atoms with E-state index in [0.29, 0.717) is 18.7 Å². The van der Waals surface area contributed by atoms with Gasteiger partial charge < -0.3 is 10.2 Å². The SMILES string of the molecule is Cc1cccc(CN(CC(=O)N2CCNCC2)S(=O)(=O)c2cc(C)ccc2C)c1. The minimum Gasteiger partial charge on any atom is -0.339 e. The number of sulfonamides is 1. The van der Waals surface area contributed by atoms with E-state index in [1.807, 2.05) is 50.2 Å². The van der Waals surface area contributed by atoms with Gasteiger partial charge in [-0.2, -0.15) is 4.31 Å². The number of amides is 1. The van der Waals surface area contributed by atoms with Crippen molar-refractivity contribution in [2.45, 2.75) is 32.2 Å². The van der Waals surface area contributed by atoms with Gasteiger partial charge in [-0.05, 0) is 43.5 Å². The molecular formula is C22H29N3O3S. The maximum atomic E-state index is 13.6. The van der Waals surface area contributed by atoms with Crippen molar-refractivity contribution in [2.75, 3.05) is 32.7 Å². The molecule has 29 heavy (non-hydrogen) atoms. The number of nitrogens with zero attached hydrogens (tertiary/aromatic N) is 2. The number of aryl methyl sites for hydroxylation is 3. The average Bonchev–Trinajstić information content (AvgIpc) is 2.70. The summed E-state index contributed by atoms with van der Waals surface area (Å²) in [4.78, 5) is 14.9. The van der Waals surface area contributed by atoms with Crippen LogP contribution in [0.25, 0.3) is 0 Å². The predicted molar refractivity (Wildman–Crippen MR) is 114 cm³/mol. The zero-order valence-corrected chi connectivity index (χ0v) is 18.1. The molecule has 0 bridgehead atoms. The first-order chi connectivity index (χ1) is 13.8. The van der Waals surface area contributed by atoms with Gasteiger partial charge in [-0.25, -0.2) is 8.42 Å². The number of rotatable bonds is 6. The van der Waals surface area contributed by atoms with Crippen LogP contribution in [0.2, 0.25) is 0 Å². The number of benzene rings is 2. The van der Waals surface area contributed by atoms with Crippen molar-refractivity contribution in [1.29, 1.82) is 0 Å². The molecule has 1 aliphatic rings. The zero-order chi connectivity index (χ0) is 21.0. The summed E-state index contributed by atoms with van der Waals surface area (Å²) in [7, 11) is -3.83. The van der Waals surface area contributed by atoms with Crippen LogP contribution in [0.15, 0.2) is 47.4 Å². The molecule has 0 spiro atoms.